The summed E-state index contributed by atoms with van der Waals surface area (Å²) in [6.45, 7) is 2.60. The standard InChI is InChI=1S/C31H58N2O15/c1-18(16-34)24(39)26(41)28(43)30(45-3)46-14-8-5-11-22(37)32-13-7-4-10-20(19(2)36)33-23(38)12-6-9-15-47-31-29(44)27(42)25(40)21(17-35)48-31/h18,20-21,24-31,34-35,39-44H,4-17H2,1-3H3,(H,32,37)(H,33,38)/t18?,20-,21?,24?,25?,26?,27?,28?,29?,30?,31?/m1/s1. The van der Waals surface area contributed by atoms with Gasteiger partial charge >= 0.3 is 0 Å². The number of ether oxygens (including phenoxy) is 4. The summed E-state index contributed by atoms with van der Waals surface area (Å²) in [5.41, 5.74) is 0. The fraction of sp³-hybridized carbons (Fsp3) is 0.903. The Morgan fingerprint density at radius 3 is 2.06 bits per heavy atom. The second kappa shape index (κ2) is 24.3. The first kappa shape index (κ1) is 44.2. The fourth-order valence-electron chi connectivity index (χ4n) is 4.93. The smallest absolute Gasteiger partial charge is 0.220 e. The Morgan fingerprint density at radius 1 is 0.812 bits per heavy atom. The molecule has 1 aliphatic rings. The van der Waals surface area contributed by atoms with Crippen LogP contribution in [0.15, 0.2) is 0 Å². The van der Waals surface area contributed by atoms with Gasteiger partial charge in [-0.15, -0.1) is 0 Å². The molecule has 0 aromatic carbocycles. The van der Waals surface area contributed by atoms with Crippen LogP contribution in [0.4, 0.5) is 0 Å². The van der Waals surface area contributed by atoms with Gasteiger partial charge in [0.05, 0.1) is 18.8 Å². The summed E-state index contributed by atoms with van der Waals surface area (Å²) in [4.78, 5) is 36.6. The molecular formula is C31H58N2O15. The molecule has 1 fully saturated rings. The number of aliphatic hydroxyl groups is 8. The number of hydrogen-bond donors (Lipinski definition) is 10. The Kier molecular flexibility index (Phi) is 22.4. The van der Waals surface area contributed by atoms with E-state index >= 15 is 0 Å². The number of nitrogens with one attached hydrogen (secondary N) is 2. The van der Waals surface area contributed by atoms with Crippen LogP contribution in [0.25, 0.3) is 0 Å². The average molecular weight is 699 g/mol. The summed E-state index contributed by atoms with van der Waals surface area (Å²) >= 11 is 0. The highest BCUT2D eigenvalue weighted by Crippen LogP contribution is 2.22. The molecule has 17 heteroatoms. The summed E-state index contributed by atoms with van der Waals surface area (Å²) in [6, 6.07) is -0.657. The molecule has 48 heavy (non-hydrogen) atoms. The van der Waals surface area contributed by atoms with Gasteiger partial charge in [0, 0.05) is 52.2 Å². The van der Waals surface area contributed by atoms with E-state index in [2.05, 4.69) is 10.6 Å². The molecule has 17 nitrogen and oxygen atoms in total. The van der Waals surface area contributed by atoms with Crippen molar-refractivity contribution in [2.24, 2.45) is 5.92 Å². The van der Waals surface area contributed by atoms with E-state index in [1.807, 2.05) is 0 Å². The highest BCUT2D eigenvalue weighted by molar-refractivity contribution is 5.87. The van der Waals surface area contributed by atoms with Gasteiger partial charge in [-0.2, -0.15) is 0 Å². The molecule has 0 aliphatic carbocycles. The maximum atomic E-state index is 12.4. The van der Waals surface area contributed by atoms with Crippen molar-refractivity contribution in [2.75, 3.05) is 40.1 Å². The molecule has 10 N–H and O–H groups in total. The number of methoxy groups -OCH3 is 1. The van der Waals surface area contributed by atoms with Crippen LogP contribution < -0.4 is 10.6 Å². The molecule has 1 aliphatic heterocycles. The highest BCUT2D eigenvalue weighted by Gasteiger charge is 2.44. The van der Waals surface area contributed by atoms with Crippen LogP contribution in [0.1, 0.15) is 71.6 Å². The summed E-state index contributed by atoms with van der Waals surface area (Å²) < 4.78 is 21.2. The van der Waals surface area contributed by atoms with Crippen LogP contribution >= 0.6 is 0 Å². The Labute approximate surface area is 281 Å². The third-order valence-electron chi connectivity index (χ3n) is 8.16. The Morgan fingerprint density at radius 2 is 1.46 bits per heavy atom. The first-order valence-corrected chi connectivity index (χ1v) is 16.6. The van der Waals surface area contributed by atoms with Gasteiger partial charge in [-0.1, -0.05) is 6.92 Å². The Bertz CT molecular complexity index is 913. The lowest BCUT2D eigenvalue weighted by Crippen LogP contribution is -2.59. The fourth-order valence-corrected chi connectivity index (χ4v) is 4.93. The van der Waals surface area contributed by atoms with E-state index in [-0.39, 0.29) is 50.3 Å². The zero-order chi connectivity index (χ0) is 36.2. The van der Waals surface area contributed by atoms with E-state index in [0.29, 0.717) is 51.5 Å². The van der Waals surface area contributed by atoms with Gasteiger partial charge in [-0.25, -0.2) is 0 Å². The lowest BCUT2D eigenvalue weighted by Gasteiger charge is -2.39. The molecule has 1 saturated heterocycles. The predicted molar refractivity (Wildman–Crippen MR) is 168 cm³/mol. The van der Waals surface area contributed by atoms with E-state index in [0.717, 1.165) is 0 Å². The minimum atomic E-state index is -1.58. The summed E-state index contributed by atoms with van der Waals surface area (Å²) in [5.74, 6) is -1.32. The first-order valence-electron chi connectivity index (χ1n) is 16.6. The molecule has 2 amide bonds. The highest BCUT2D eigenvalue weighted by atomic mass is 16.7. The van der Waals surface area contributed by atoms with Gasteiger partial charge in [-0.3, -0.25) is 14.4 Å². The van der Waals surface area contributed by atoms with E-state index in [1.165, 1.54) is 21.0 Å². The molecule has 0 radical (unpaired) electrons. The molecule has 0 saturated carbocycles. The molecule has 0 aromatic heterocycles. The maximum absolute atomic E-state index is 12.4. The SMILES string of the molecule is COC(OCCCCC(=O)NCCCC[C@@H](NC(=O)CCCCOC1OC(CO)C(O)C(O)C1O)C(C)=O)C(O)C(O)C(O)C(C)CO. The van der Waals surface area contributed by atoms with Crippen molar-refractivity contribution >= 4 is 17.6 Å². The van der Waals surface area contributed by atoms with E-state index in [9.17, 15) is 50.1 Å². The second-order valence-corrected chi connectivity index (χ2v) is 12.2. The molecule has 11 atom stereocenters. The molecule has 1 heterocycles. The lowest BCUT2D eigenvalue weighted by atomic mass is 9.97. The number of amides is 2. The van der Waals surface area contributed by atoms with Crippen LogP contribution in [-0.4, -0.2) is 160 Å². The van der Waals surface area contributed by atoms with Gasteiger partial charge in [-0.05, 0) is 51.9 Å². The van der Waals surface area contributed by atoms with Gasteiger partial charge in [0.15, 0.2) is 18.4 Å². The van der Waals surface area contributed by atoms with E-state index in [4.69, 9.17) is 24.1 Å². The predicted octanol–water partition coefficient (Wildman–Crippen LogP) is -2.80. The first-order chi connectivity index (χ1) is 22.8. The minimum Gasteiger partial charge on any atom is -0.396 e. The van der Waals surface area contributed by atoms with Gasteiger partial charge in [0.2, 0.25) is 11.8 Å². The number of hydrogen-bond acceptors (Lipinski definition) is 15. The molecule has 282 valence electrons. The van der Waals surface area contributed by atoms with Gasteiger partial charge in [0.25, 0.3) is 0 Å². The van der Waals surface area contributed by atoms with Crippen LogP contribution in [-0.2, 0) is 33.3 Å². The van der Waals surface area contributed by atoms with Crippen LogP contribution in [0.3, 0.4) is 0 Å². The number of aliphatic hydroxyl groups excluding tert-OH is 8. The molecule has 0 aromatic rings. The minimum absolute atomic E-state index is 0.0903. The largest absolute Gasteiger partial charge is 0.396 e. The van der Waals surface area contributed by atoms with Crippen molar-refractivity contribution < 1.29 is 74.2 Å². The van der Waals surface area contributed by atoms with Crippen molar-refractivity contribution in [2.45, 2.75) is 133 Å². The average Bonchev–Trinajstić information content (AvgIpc) is 3.07. The number of unbranched alkanes of at least 4 members (excludes halogenated alkanes) is 3. The van der Waals surface area contributed by atoms with Gasteiger partial charge in [0.1, 0.15) is 36.6 Å². The van der Waals surface area contributed by atoms with Crippen molar-refractivity contribution in [3.63, 3.8) is 0 Å². The quantitative estimate of drug-likeness (QED) is 0.0323. The molecule has 1 rings (SSSR count). The van der Waals surface area contributed by atoms with Gasteiger partial charge < -0.3 is 70.4 Å². The number of carbonyl (C=O) groups excluding carboxylic acids is 3. The molecule has 0 spiro atoms. The summed E-state index contributed by atoms with van der Waals surface area (Å²) in [5, 5.41) is 83.8. The molecular weight excluding hydrogens is 640 g/mol. The number of Topliss-reactive ketones (excluding diaryl/α,β-unsaturated/α-hetero) is 1. The zero-order valence-electron chi connectivity index (χ0n) is 28.2. The normalized spacial score (nSPS) is 25.0. The van der Waals surface area contributed by atoms with Crippen molar-refractivity contribution in [1.82, 2.24) is 10.6 Å². The Balaban J connectivity index is 2.20. The molecule has 0 bridgehead atoms. The monoisotopic (exact) mass is 698 g/mol. The van der Waals surface area contributed by atoms with Crippen LogP contribution in [0.5, 0.6) is 0 Å². The Hall–Kier alpha value is -1.87. The summed E-state index contributed by atoms with van der Waals surface area (Å²) in [7, 11) is 1.28. The third kappa shape index (κ3) is 15.8. The maximum Gasteiger partial charge on any atom is 0.220 e. The molecule has 10 unspecified atom stereocenters. The van der Waals surface area contributed by atoms with Crippen LogP contribution in [0, 0.1) is 5.92 Å². The topological polar surface area (TPSA) is 274 Å². The third-order valence-corrected chi connectivity index (χ3v) is 8.16. The van der Waals surface area contributed by atoms with Crippen molar-refractivity contribution in [3.05, 3.63) is 0 Å². The zero-order valence-corrected chi connectivity index (χ0v) is 28.2. The van der Waals surface area contributed by atoms with Crippen molar-refractivity contribution in [3.8, 4) is 0 Å². The second-order valence-electron chi connectivity index (χ2n) is 12.2. The van der Waals surface area contributed by atoms with Crippen LogP contribution in [0.2, 0.25) is 0 Å². The number of ketones is 1. The summed E-state index contributed by atoms with van der Waals surface area (Å²) in [6.07, 6.45) is -8.76. The lowest BCUT2D eigenvalue weighted by molar-refractivity contribution is -0.301. The van der Waals surface area contributed by atoms with E-state index < -0.39 is 73.9 Å². The van der Waals surface area contributed by atoms with Crippen molar-refractivity contribution in [1.29, 1.82) is 0 Å². The number of carbonyl (C=O) groups is 3. The van der Waals surface area contributed by atoms with E-state index in [1.54, 1.807) is 0 Å². The number of rotatable bonds is 26.